The Balaban J connectivity index is 1.78. The lowest BCUT2D eigenvalue weighted by Gasteiger charge is -2.05. The Hall–Kier alpha value is -1.81. The molecule has 3 N–H and O–H groups in total. The van der Waals surface area contributed by atoms with E-state index in [4.69, 9.17) is 5.73 Å². The lowest BCUT2D eigenvalue weighted by molar-refractivity contribution is -0.117. The first-order chi connectivity index (χ1) is 9.13. The van der Waals surface area contributed by atoms with Crippen LogP contribution in [0.5, 0.6) is 0 Å². The second kappa shape index (κ2) is 4.70. The molecule has 1 saturated carbocycles. The second-order valence-electron chi connectivity index (χ2n) is 4.98. The van der Waals surface area contributed by atoms with Crippen molar-refractivity contribution in [3.63, 3.8) is 0 Å². The standard InChI is InChI=1S/C15H16N2OS/c1-9-8-13(14(16)19-9)10-4-6-12(7-5-10)17-15(18)11-2-3-11/h4-8,11H,2-3,16H2,1H3,(H,17,18). The summed E-state index contributed by atoms with van der Waals surface area (Å²) in [6, 6.07) is 9.96. The first-order valence-corrected chi connectivity index (χ1v) is 7.22. The normalized spacial score (nSPS) is 14.4. The summed E-state index contributed by atoms with van der Waals surface area (Å²) in [6.07, 6.45) is 2.04. The van der Waals surface area contributed by atoms with E-state index < -0.39 is 0 Å². The molecule has 0 spiro atoms. The van der Waals surface area contributed by atoms with Gasteiger partial charge in [0.1, 0.15) is 0 Å². The summed E-state index contributed by atoms with van der Waals surface area (Å²) in [6.45, 7) is 2.05. The van der Waals surface area contributed by atoms with Gasteiger partial charge in [-0.05, 0) is 43.5 Å². The Morgan fingerprint density at radius 1 is 1.32 bits per heavy atom. The van der Waals surface area contributed by atoms with Crippen LogP contribution in [-0.4, -0.2) is 5.91 Å². The van der Waals surface area contributed by atoms with Crippen molar-refractivity contribution in [2.24, 2.45) is 5.92 Å². The molecule has 1 aliphatic rings. The maximum absolute atomic E-state index is 11.7. The second-order valence-corrected chi connectivity index (χ2v) is 6.26. The fraction of sp³-hybridized carbons (Fsp3) is 0.267. The van der Waals surface area contributed by atoms with Crippen molar-refractivity contribution < 1.29 is 4.79 Å². The summed E-state index contributed by atoms with van der Waals surface area (Å²) in [5.74, 6) is 0.369. The number of carbonyl (C=O) groups excluding carboxylic acids is 1. The fourth-order valence-corrected chi connectivity index (χ4v) is 2.89. The van der Waals surface area contributed by atoms with E-state index in [2.05, 4.69) is 18.3 Å². The largest absolute Gasteiger partial charge is 0.390 e. The monoisotopic (exact) mass is 272 g/mol. The van der Waals surface area contributed by atoms with Gasteiger partial charge in [0, 0.05) is 22.0 Å². The van der Waals surface area contributed by atoms with Gasteiger partial charge >= 0.3 is 0 Å². The maximum Gasteiger partial charge on any atom is 0.227 e. The number of amides is 1. The average Bonchev–Trinajstić information content (AvgIpc) is 3.16. The predicted octanol–water partition coefficient (Wildman–Crippen LogP) is 3.65. The Kier molecular flexibility index (Phi) is 3.03. The molecular formula is C15H16N2OS. The smallest absolute Gasteiger partial charge is 0.227 e. The minimum absolute atomic E-state index is 0.138. The van der Waals surface area contributed by atoms with Gasteiger partial charge in [0.15, 0.2) is 0 Å². The zero-order chi connectivity index (χ0) is 13.4. The Labute approximate surface area is 116 Å². The van der Waals surface area contributed by atoms with Crippen LogP contribution in [0.15, 0.2) is 30.3 Å². The van der Waals surface area contributed by atoms with E-state index in [1.165, 1.54) is 4.88 Å². The third kappa shape index (κ3) is 2.63. The van der Waals surface area contributed by atoms with Crippen LogP contribution in [0, 0.1) is 12.8 Å². The molecule has 1 fully saturated rings. The van der Waals surface area contributed by atoms with E-state index >= 15 is 0 Å². The molecule has 2 aromatic rings. The number of nitrogens with two attached hydrogens (primary N) is 1. The van der Waals surface area contributed by atoms with Crippen LogP contribution in [0.2, 0.25) is 0 Å². The summed E-state index contributed by atoms with van der Waals surface area (Å²) in [5, 5.41) is 3.77. The number of carbonyl (C=O) groups is 1. The first kappa shape index (κ1) is 12.2. The molecule has 19 heavy (non-hydrogen) atoms. The third-order valence-electron chi connectivity index (χ3n) is 3.30. The first-order valence-electron chi connectivity index (χ1n) is 6.40. The highest BCUT2D eigenvalue weighted by atomic mass is 32.1. The molecule has 0 atom stereocenters. The number of anilines is 2. The van der Waals surface area contributed by atoms with Crippen LogP contribution in [0.25, 0.3) is 11.1 Å². The molecule has 1 heterocycles. The van der Waals surface area contributed by atoms with Gasteiger partial charge in [-0.1, -0.05) is 12.1 Å². The van der Waals surface area contributed by atoms with Gasteiger partial charge in [0.05, 0.1) is 5.00 Å². The molecule has 1 aromatic heterocycles. The number of nitrogen functional groups attached to an aromatic ring is 1. The molecule has 0 saturated heterocycles. The SMILES string of the molecule is Cc1cc(-c2ccc(NC(=O)C3CC3)cc2)c(N)s1. The van der Waals surface area contributed by atoms with Gasteiger partial charge in [-0.25, -0.2) is 0 Å². The molecule has 3 nitrogen and oxygen atoms in total. The van der Waals surface area contributed by atoms with Crippen molar-refractivity contribution in [3.8, 4) is 11.1 Å². The van der Waals surface area contributed by atoms with Crippen molar-refractivity contribution in [2.75, 3.05) is 11.1 Å². The zero-order valence-electron chi connectivity index (χ0n) is 10.8. The van der Waals surface area contributed by atoms with Crippen molar-refractivity contribution in [3.05, 3.63) is 35.2 Å². The molecule has 0 aliphatic heterocycles. The number of aryl methyl sites for hydroxylation is 1. The van der Waals surface area contributed by atoms with E-state index in [-0.39, 0.29) is 11.8 Å². The summed E-state index contributed by atoms with van der Waals surface area (Å²) >= 11 is 1.60. The van der Waals surface area contributed by atoms with Gasteiger partial charge in [0.25, 0.3) is 0 Å². The summed E-state index contributed by atoms with van der Waals surface area (Å²) in [7, 11) is 0. The summed E-state index contributed by atoms with van der Waals surface area (Å²) in [4.78, 5) is 12.9. The predicted molar refractivity (Wildman–Crippen MR) is 80.3 cm³/mol. The number of thiophene rings is 1. The van der Waals surface area contributed by atoms with Gasteiger partial charge < -0.3 is 11.1 Å². The topological polar surface area (TPSA) is 55.1 Å². The summed E-state index contributed by atoms with van der Waals surface area (Å²) < 4.78 is 0. The van der Waals surface area contributed by atoms with Crippen LogP contribution in [0.3, 0.4) is 0 Å². The third-order valence-corrected chi connectivity index (χ3v) is 4.18. The maximum atomic E-state index is 11.7. The van der Waals surface area contributed by atoms with E-state index in [0.29, 0.717) is 0 Å². The number of hydrogen-bond acceptors (Lipinski definition) is 3. The molecule has 1 amide bonds. The molecule has 0 unspecified atom stereocenters. The quantitative estimate of drug-likeness (QED) is 0.896. The minimum atomic E-state index is 0.138. The van der Waals surface area contributed by atoms with E-state index in [1.54, 1.807) is 11.3 Å². The molecule has 3 rings (SSSR count). The highest BCUT2D eigenvalue weighted by Gasteiger charge is 2.29. The Morgan fingerprint density at radius 2 is 2.00 bits per heavy atom. The molecule has 4 heteroatoms. The van der Waals surface area contributed by atoms with E-state index in [9.17, 15) is 4.79 Å². The molecule has 0 bridgehead atoms. The van der Waals surface area contributed by atoms with Crippen molar-refractivity contribution in [1.82, 2.24) is 0 Å². The lowest BCUT2D eigenvalue weighted by Crippen LogP contribution is -2.12. The van der Waals surface area contributed by atoms with Gasteiger partial charge in [0.2, 0.25) is 5.91 Å². The number of rotatable bonds is 3. The van der Waals surface area contributed by atoms with Crippen LogP contribution in [0.4, 0.5) is 10.7 Å². The number of nitrogens with one attached hydrogen (secondary N) is 1. The van der Waals surface area contributed by atoms with Crippen LogP contribution in [0.1, 0.15) is 17.7 Å². The van der Waals surface area contributed by atoms with E-state index in [0.717, 1.165) is 34.7 Å². The van der Waals surface area contributed by atoms with Crippen molar-refractivity contribution >= 4 is 27.9 Å². The van der Waals surface area contributed by atoms with Crippen LogP contribution < -0.4 is 11.1 Å². The van der Waals surface area contributed by atoms with Crippen LogP contribution in [-0.2, 0) is 4.79 Å². The van der Waals surface area contributed by atoms with Gasteiger partial charge in [-0.15, -0.1) is 11.3 Å². The highest BCUT2D eigenvalue weighted by Crippen LogP contribution is 2.34. The number of hydrogen-bond donors (Lipinski definition) is 2. The fourth-order valence-electron chi connectivity index (χ4n) is 2.08. The molecule has 0 radical (unpaired) electrons. The Bertz CT molecular complexity index is 612. The molecular weight excluding hydrogens is 256 g/mol. The van der Waals surface area contributed by atoms with E-state index in [1.807, 2.05) is 24.3 Å². The molecule has 98 valence electrons. The van der Waals surface area contributed by atoms with Gasteiger partial charge in [-0.3, -0.25) is 4.79 Å². The Morgan fingerprint density at radius 3 is 2.53 bits per heavy atom. The lowest BCUT2D eigenvalue weighted by atomic mass is 10.1. The van der Waals surface area contributed by atoms with Crippen LogP contribution >= 0.6 is 11.3 Å². The van der Waals surface area contributed by atoms with Crippen molar-refractivity contribution in [1.29, 1.82) is 0 Å². The summed E-state index contributed by atoms with van der Waals surface area (Å²) in [5.41, 5.74) is 9.00. The number of benzene rings is 1. The average molecular weight is 272 g/mol. The molecule has 1 aromatic carbocycles. The van der Waals surface area contributed by atoms with Gasteiger partial charge in [-0.2, -0.15) is 0 Å². The zero-order valence-corrected chi connectivity index (χ0v) is 11.6. The highest BCUT2D eigenvalue weighted by molar-refractivity contribution is 7.16. The minimum Gasteiger partial charge on any atom is -0.390 e. The van der Waals surface area contributed by atoms with Crippen molar-refractivity contribution in [2.45, 2.75) is 19.8 Å². The molecule has 1 aliphatic carbocycles.